The molecule has 0 aromatic carbocycles. The predicted octanol–water partition coefficient (Wildman–Crippen LogP) is -5.59. The Hall–Kier alpha value is -1.88. The maximum atomic E-state index is 10.2. The standard InChI is InChI=1S/2C6H9N3O2.Cd.2H2O/c2*7-5(6(10)11)1-4-2-8-3-9-4;;;/h2*2-3,5H,1,7H2,(H,8,9)(H,10,11);;2*1H2/q;;+2;;/p-2/t2*5-;;;/m00.../s1. The van der Waals surface area contributed by atoms with Gasteiger partial charge in [0.25, 0.3) is 0 Å². The van der Waals surface area contributed by atoms with Gasteiger partial charge in [-0.3, -0.25) is 0 Å². The number of aromatic amines is 2. The van der Waals surface area contributed by atoms with Gasteiger partial charge in [0.05, 0.1) is 36.0 Å². The van der Waals surface area contributed by atoms with E-state index in [1.807, 2.05) is 0 Å². The Kier molecular flexibility index (Phi) is 16.2. The molecule has 2 aromatic heterocycles. The summed E-state index contributed by atoms with van der Waals surface area (Å²) < 4.78 is 0. The topological polar surface area (TPSA) is 253 Å². The van der Waals surface area contributed by atoms with E-state index in [0.717, 1.165) is 0 Å². The van der Waals surface area contributed by atoms with Crippen LogP contribution in [0, 0.1) is 0 Å². The number of carboxylic acid groups (broad SMARTS) is 2. The van der Waals surface area contributed by atoms with Gasteiger partial charge in [0.2, 0.25) is 0 Å². The minimum Gasteiger partial charge on any atom is -0.548 e. The molecule has 0 aliphatic rings. The first kappa shape index (κ1) is 27.9. The third-order valence-corrected chi connectivity index (χ3v) is 2.57. The molecule has 0 aliphatic heterocycles. The summed E-state index contributed by atoms with van der Waals surface area (Å²) in [5.74, 6) is -2.51. The number of nitrogens with one attached hydrogen (secondary N) is 2. The second kappa shape index (κ2) is 14.5. The molecule has 0 saturated carbocycles. The van der Waals surface area contributed by atoms with Gasteiger partial charge in [-0.25, -0.2) is 9.97 Å². The Morgan fingerprint density at radius 1 is 0.920 bits per heavy atom. The van der Waals surface area contributed by atoms with E-state index in [1.54, 1.807) is 12.4 Å². The summed E-state index contributed by atoms with van der Waals surface area (Å²) in [5.41, 5.74) is 11.6. The van der Waals surface area contributed by atoms with Crippen LogP contribution in [0.15, 0.2) is 25.0 Å². The van der Waals surface area contributed by atoms with Crippen LogP contribution in [0.5, 0.6) is 0 Å². The van der Waals surface area contributed by atoms with E-state index < -0.39 is 24.0 Å². The minimum absolute atomic E-state index is 0. The summed E-state index contributed by atoms with van der Waals surface area (Å²) in [7, 11) is 0. The number of carbonyl (C=O) groups excluding carboxylic acids is 2. The van der Waals surface area contributed by atoms with Crippen molar-refractivity contribution in [3.8, 4) is 0 Å². The molecule has 0 saturated heterocycles. The number of hydrogen-bond acceptors (Lipinski definition) is 8. The molecule has 0 fully saturated rings. The van der Waals surface area contributed by atoms with Crippen molar-refractivity contribution in [3.05, 3.63) is 36.4 Å². The smallest absolute Gasteiger partial charge is 0.548 e. The average Bonchev–Trinajstić information content (AvgIpc) is 3.12. The molecule has 13 heteroatoms. The molecule has 0 bridgehead atoms. The van der Waals surface area contributed by atoms with E-state index in [4.69, 9.17) is 11.5 Å². The summed E-state index contributed by atoms with van der Waals surface area (Å²) in [6.07, 6.45) is 6.54. The number of H-pyrrole nitrogens is 2. The van der Waals surface area contributed by atoms with Crippen LogP contribution in [0.2, 0.25) is 0 Å². The van der Waals surface area contributed by atoms with Gasteiger partial charge in [-0.1, -0.05) is 0 Å². The number of aliphatic carboxylic acids is 2. The van der Waals surface area contributed by atoms with Crippen LogP contribution in [-0.4, -0.2) is 54.9 Å². The zero-order valence-electron chi connectivity index (χ0n) is 13.3. The van der Waals surface area contributed by atoms with Gasteiger partial charge in [-0.2, -0.15) is 0 Å². The van der Waals surface area contributed by atoms with Gasteiger partial charge in [0.1, 0.15) is 0 Å². The van der Waals surface area contributed by atoms with E-state index in [-0.39, 0.29) is 51.1 Å². The van der Waals surface area contributed by atoms with Crippen LogP contribution in [0.1, 0.15) is 11.4 Å². The molecule has 0 unspecified atom stereocenters. The molecule has 2 heterocycles. The number of imidazole rings is 2. The monoisotopic (exact) mass is 458 g/mol. The van der Waals surface area contributed by atoms with Crippen LogP contribution in [0.4, 0.5) is 0 Å². The summed E-state index contributed by atoms with van der Waals surface area (Å²) >= 11 is 0. The Morgan fingerprint density at radius 2 is 1.24 bits per heavy atom. The normalized spacial score (nSPS) is 11.3. The molecule has 0 spiro atoms. The fourth-order valence-corrected chi connectivity index (χ4v) is 1.42. The number of carboxylic acids is 2. The van der Waals surface area contributed by atoms with Crippen molar-refractivity contribution in [3.63, 3.8) is 0 Å². The van der Waals surface area contributed by atoms with Crippen LogP contribution >= 0.6 is 0 Å². The second-order valence-corrected chi connectivity index (χ2v) is 4.38. The first-order valence-corrected chi connectivity index (χ1v) is 6.28. The number of nitrogens with two attached hydrogens (primary N) is 2. The molecular weight excluding hydrogens is 437 g/mol. The van der Waals surface area contributed by atoms with Crippen LogP contribution in [0.25, 0.3) is 0 Å². The SMILES string of the molecule is N[C@@H](Cc1c[nH]cn1)C(=O)[O-].N[C@@H](Cc1c[nH]cn1)C(=O)[O-].O.O.[Cd+2]. The molecule has 0 aliphatic carbocycles. The van der Waals surface area contributed by atoms with Gasteiger partial charge < -0.3 is 52.2 Å². The zero-order chi connectivity index (χ0) is 16.5. The van der Waals surface area contributed by atoms with Gasteiger partial charge in [-0.15, -0.1) is 0 Å². The van der Waals surface area contributed by atoms with Crippen LogP contribution < -0.4 is 21.7 Å². The third kappa shape index (κ3) is 11.3. The van der Waals surface area contributed by atoms with Gasteiger partial charge in [0, 0.05) is 37.3 Å². The Labute approximate surface area is 162 Å². The molecular formula is C12H20CdN6O6. The first-order valence-electron chi connectivity index (χ1n) is 6.28. The van der Waals surface area contributed by atoms with Gasteiger partial charge in [-0.05, 0) is 0 Å². The molecule has 10 N–H and O–H groups in total. The van der Waals surface area contributed by atoms with Gasteiger partial charge >= 0.3 is 27.3 Å². The minimum atomic E-state index is -1.26. The van der Waals surface area contributed by atoms with Crippen molar-refractivity contribution in [2.45, 2.75) is 24.9 Å². The fourth-order valence-electron chi connectivity index (χ4n) is 1.42. The first-order chi connectivity index (χ1) is 10.4. The Morgan fingerprint density at radius 3 is 1.44 bits per heavy atom. The van der Waals surface area contributed by atoms with E-state index in [9.17, 15) is 19.8 Å². The molecule has 12 nitrogen and oxygen atoms in total. The predicted molar refractivity (Wildman–Crippen MR) is 77.8 cm³/mol. The molecule has 0 radical (unpaired) electrons. The van der Waals surface area contributed by atoms with E-state index >= 15 is 0 Å². The summed E-state index contributed by atoms with van der Waals surface area (Å²) in [4.78, 5) is 33.3. The molecule has 0 amide bonds. The quantitative estimate of drug-likeness (QED) is 0.304. The van der Waals surface area contributed by atoms with Crippen LogP contribution in [-0.2, 0) is 49.7 Å². The van der Waals surface area contributed by atoms with Crippen molar-refractivity contribution in [2.24, 2.45) is 11.5 Å². The summed E-state index contributed by atoms with van der Waals surface area (Å²) in [5, 5.41) is 20.3. The largest absolute Gasteiger partial charge is 2.00 e. The number of rotatable bonds is 6. The Balaban J connectivity index is -0.000000346. The average molecular weight is 457 g/mol. The molecule has 136 valence electrons. The number of hydrogen-bond donors (Lipinski definition) is 4. The van der Waals surface area contributed by atoms with E-state index in [0.29, 0.717) is 11.4 Å². The number of aromatic nitrogens is 4. The number of nitrogens with zero attached hydrogens (tertiary/aromatic N) is 2. The van der Waals surface area contributed by atoms with Crippen LogP contribution in [0.3, 0.4) is 0 Å². The van der Waals surface area contributed by atoms with Gasteiger partial charge in [0.15, 0.2) is 0 Å². The van der Waals surface area contributed by atoms with Crippen molar-refractivity contribution < 1.29 is 58.1 Å². The Bertz CT molecular complexity index is 527. The van der Waals surface area contributed by atoms with Crippen molar-refractivity contribution in [2.75, 3.05) is 0 Å². The van der Waals surface area contributed by atoms with Crippen molar-refractivity contribution in [1.82, 2.24) is 19.9 Å². The molecule has 2 rings (SSSR count). The maximum Gasteiger partial charge on any atom is 2.00 e. The third-order valence-electron chi connectivity index (χ3n) is 2.57. The fraction of sp³-hybridized carbons (Fsp3) is 0.333. The zero-order valence-corrected chi connectivity index (χ0v) is 17.3. The molecule has 2 aromatic rings. The summed E-state index contributed by atoms with van der Waals surface area (Å²) in [6, 6.07) is -1.95. The van der Waals surface area contributed by atoms with E-state index in [2.05, 4.69) is 19.9 Å². The van der Waals surface area contributed by atoms with Crippen molar-refractivity contribution >= 4 is 11.9 Å². The molecule has 2 atom stereocenters. The maximum absolute atomic E-state index is 10.2. The summed E-state index contributed by atoms with van der Waals surface area (Å²) in [6.45, 7) is 0. The molecule has 25 heavy (non-hydrogen) atoms. The van der Waals surface area contributed by atoms with E-state index in [1.165, 1.54) is 12.7 Å². The second-order valence-electron chi connectivity index (χ2n) is 4.38. The number of carbonyl (C=O) groups is 2. The van der Waals surface area contributed by atoms with Crippen molar-refractivity contribution in [1.29, 1.82) is 0 Å².